The Hall–Kier alpha value is -0.830. The zero-order valence-corrected chi connectivity index (χ0v) is 10.7. The minimum atomic E-state index is 0.112. The normalized spacial score (nSPS) is 10.4. The maximum atomic E-state index is 11.4. The molecule has 3 heteroatoms. The van der Waals surface area contributed by atoms with Gasteiger partial charge in [0.25, 0.3) is 0 Å². The molecule has 0 radical (unpaired) electrons. The van der Waals surface area contributed by atoms with Crippen molar-refractivity contribution in [2.75, 3.05) is 0 Å². The molecule has 0 unspecified atom stereocenters. The summed E-state index contributed by atoms with van der Waals surface area (Å²) >= 11 is 3.47. The number of amides is 1. The first-order valence-corrected chi connectivity index (χ1v) is 5.91. The topological polar surface area (TPSA) is 29.1 Å². The number of hydrogen-bond donors (Lipinski definition) is 1. The van der Waals surface area contributed by atoms with Crippen molar-refractivity contribution in [2.45, 2.75) is 32.7 Å². The Balaban J connectivity index is 2.44. The fourth-order valence-corrected chi connectivity index (χ4v) is 1.83. The molecule has 15 heavy (non-hydrogen) atoms. The molecule has 0 atom stereocenters. The van der Waals surface area contributed by atoms with Crippen LogP contribution in [0.4, 0.5) is 0 Å². The summed E-state index contributed by atoms with van der Waals surface area (Å²) in [5.41, 5.74) is 1.18. The Morgan fingerprint density at radius 1 is 1.40 bits per heavy atom. The fraction of sp³-hybridized carbons (Fsp3) is 0.417. The molecule has 0 aliphatic carbocycles. The number of hydrogen-bond acceptors (Lipinski definition) is 1. The zero-order valence-electron chi connectivity index (χ0n) is 9.09. The maximum absolute atomic E-state index is 11.4. The third-order valence-corrected chi connectivity index (χ3v) is 2.80. The second kappa shape index (κ2) is 5.91. The van der Waals surface area contributed by atoms with Gasteiger partial charge in [-0.15, -0.1) is 0 Å². The van der Waals surface area contributed by atoms with E-state index >= 15 is 0 Å². The molecule has 0 bridgehead atoms. The predicted molar refractivity (Wildman–Crippen MR) is 65.7 cm³/mol. The van der Waals surface area contributed by atoms with Crippen LogP contribution < -0.4 is 5.32 Å². The third kappa shape index (κ3) is 4.47. The summed E-state index contributed by atoms with van der Waals surface area (Å²) in [5, 5.41) is 2.88. The molecule has 82 valence electrons. The van der Waals surface area contributed by atoms with E-state index in [2.05, 4.69) is 21.2 Å². The minimum Gasteiger partial charge on any atom is -0.354 e. The summed E-state index contributed by atoms with van der Waals surface area (Å²) in [5.74, 6) is 0.112. The van der Waals surface area contributed by atoms with Crippen LogP contribution in [0.25, 0.3) is 0 Å². The van der Waals surface area contributed by atoms with E-state index in [0.717, 1.165) is 10.9 Å². The van der Waals surface area contributed by atoms with Gasteiger partial charge in [0.2, 0.25) is 5.91 Å². The molecule has 2 nitrogen and oxygen atoms in total. The van der Waals surface area contributed by atoms with E-state index in [1.54, 1.807) is 0 Å². The Bertz CT molecular complexity index is 336. The number of aryl methyl sites for hydroxylation is 1. The quantitative estimate of drug-likeness (QED) is 0.895. The van der Waals surface area contributed by atoms with Gasteiger partial charge < -0.3 is 5.32 Å². The van der Waals surface area contributed by atoms with Crippen molar-refractivity contribution < 1.29 is 4.79 Å². The highest BCUT2D eigenvalue weighted by atomic mass is 79.9. The molecular formula is C12H16BrNO. The highest BCUT2D eigenvalue weighted by molar-refractivity contribution is 9.10. The van der Waals surface area contributed by atoms with E-state index in [4.69, 9.17) is 0 Å². The van der Waals surface area contributed by atoms with Crippen LogP contribution in [-0.4, -0.2) is 11.9 Å². The molecule has 0 heterocycles. The van der Waals surface area contributed by atoms with Crippen LogP contribution in [0, 0.1) is 0 Å². The average molecular weight is 270 g/mol. The standard InChI is InChI=1S/C12H16BrNO/c1-9(2)14-12(15)8-7-10-5-3-4-6-11(10)13/h3-6,9H,7-8H2,1-2H3,(H,14,15). The molecule has 0 saturated carbocycles. The second-order valence-electron chi connectivity index (χ2n) is 3.81. The Kier molecular flexibility index (Phi) is 4.82. The number of nitrogens with one attached hydrogen (secondary N) is 1. The molecule has 1 amide bonds. The van der Waals surface area contributed by atoms with Gasteiger partial charge in [-0.3, -0.25) is 4.79 Å². The van der Waals surface area contributed by atoms with Gasteiger partial charge in [-0.1, -0.05) is 34.1 Å². The molecule has 0 fully saturated rings. The zero-order chi connectivity index (χ0) is 11.3. The first kappa shape index (κ1) is 12.2. The van der Waals surface area contributed by atoms with Gasteiger partial charge in [-0.05, 0) is 31.9 Å². The smallest absolute Gasteiger partial charge is 0.220 e. The Labute approximate surface area is 99.2 Å². The van der Waals surface area contributed by atoms with Crippen LogP contribution in [0.15, 0.2) is 28.7 Å². The Morgan fingerprint density at radius 2 is 2.07 bits per heavy atom. The van der Waals surface area contributed by atoms with E-state index < -0.39 is 0 Å². The molecule has 1 aromatic carbocycles. The molecule has 0 saturated heterocycles. The number of carbonyl (C=O) groups is 1. The van der Waals surface area contributed by atoms with Gasteiger partial charge in [0.15, 0.2) is 0 Å². The van der Waals surface area contributed by atoms with Crippen LogP contribution in [0.5, 0.6) is 0 Å². The lowest BCUT2D eigenvalue weighted by Gasteiger charge is -2.08. The van der Waals surface area contributed by atoms with Crippen LogP contribution in [0.1, 0.15) is 25.8 Å². The number of halogens is 1. The van der Waals surface area contributed by atoms with Crippen molar-refractivity contribution in [1.29, 1.82) is 0 Å². The molecular weight excluding hydrogens is 254 g/mol. The largest absolute Gasteiger partial charge is 0.354 e. The van der Waals surface area contributed by atoms with E-state index in [9.17, 15) is 4.79 Å². The number of rotatable bonds is 4. The summed E-state index contributed by atoms with van der Waals surface area (Å²) in [4.78, 5) is 11.4. The summed E-state index contributed by atoms with van der Waals surface area (Å²) in [6.45, 7) is 3.94. The van der Waals surface area contributed by atoms with Gasteiger partial charge in [0.1, 0.15) is 0 Å². The van der Waals surface area contributed by atoms with Gasteiger partial charge in [-0.25, -0.2) is 0 Å². The second-order valence-corrected chi connectivity index (χ2v) is 4.67. The molecule has 1 rings (SSSR count). The van der Waals surface area contributed by atoms with E-state index in [-0.39, 0.29) is 11.9 Å². The van der Waals surface area contributed by atoms with E-state index in [1.807, 2.05) is 38.1 Å². The molecule has 0 spiro atoms. The van der Waals surface area contributed by atoms with E-state index in [0.29, 0.717) is 6.42 Å². The van der Waals surface area contributed by atoms with Crippen molar-refractivity contribution in [3.8, 4) is 0 Å². The number of benzene rings is 1. The van der Waals surface area contributed by atoms with Crippen LogP contribution >= 0.6 is 15.9 Å². The lowest BCUT2D eigenvalue weighted by molar-refractivity contribution is -0.121. The first-order valence-electron chi connectivity index (χ1n) is 5.12. The lowest BCUT2D eigenvalue weighted by atomic mass is 10.1. The van der Waals surface area contributed by atoms with Crippen molar-refractivity contribution in [1.82, 2.24) is 5.32 Å². The minimum absolute atomic E-state index is 0.112. The lowest BCUT2D eigenvalue weighted by Crippen LogP contribution is -2.30. The van der Waals surface area contributed by atoms with Crippen molar-refractivity contribution in [3.05, 3.63) is 34.3 Å². The molecule has 1 aromatic rings. The van der Waals surface area contributed by atoms with Gasteiger partial charge in [0, 0.05) is 16.9 Å². The summed E-state index contributed by atoms with van der Waals surface area (Å²) in [6, 6.07) is 8.21. The number of carbonyl (C=O) groups excluding carboxylic acids is 1. The summed E-state index contributed by atoms with van der Waals surface area (Å²) in [6.07, 6.45) is 1.32. The van der Waals surface area contributed by atoms with Crippen LogP contribution in [0.3, 0.4) is 0 Å². The molecule has 0 aliphatic heterocycles. The first-order chi connectivity index (χ1) is 7.09. The Morgan fingerprint density at radius 3 is 2.67 bits per heavy atom. The maximum Gasteiger partial charge on any atom is 0.220 e. The van der Waals surface area contributed by atoms with Gasteiger partial charge in [-0.2, -0.15) is 0 Å². The molecule has 0 aliphatic rings. The predicted octanol–water partition coefficient (Wildman–Crippen LogP) is 2.91. The third-order valence-electron chi connectivity index (χ3n) is 2.03. The van der Waals surface area contributed by atoms with Crippen LogP contribution in [-0.2, 0) is 11.2 Å². The van der Waals surface area contributed by atoms with Crippen molar-refractivity contribution in [3.63, 3.8) is 0 Å². The van der Waals surface area contributed by atoms with E-state index in [1.165, 1.54) is 5.56 Å². The monoisotopic (exact) mass is 269 g/mol. The molecule has 1 N–H and O–H groups in total. The van der Waals surface area contributed by atoms with Crippen molar-refractivity contribution in [2.24, 2.45) is 0 Å². The highest BCUT2D eigenvalue weighted by Gasteiger charge is 2.05. The highest BCUT2D eigenvalue weighted by Crippen LogP contribution is 2.17. The average Bonchev–Trinajstić information content (AvgIpc) is 2.15. The van der Waals surface area contributed by atoms with Gasteiger partial charge in [0.05, 0.1) is 0 Å². The molecule has 0 aromatic heterocycles. The van der Waals surface area contributed by atoms with Gasteiger partial charge >= 0.3 is 0 Å². The summed E-state index contributed by atoms with van der Waals surface area (Å²) < 4.78 is 1.07. The SMILES string of the molecule is CC(C)NC(=O)CCc1ccccc1Br. The van der Waals surface area contributed by atoms with Crippen LogP contribution in [0.2, 0.25) is 0 Å². The fourth-order valence-electron chi connectivity index (χ4n) is 1.34. The summed E-state index contributed by atoms with van der Waals surface area (Å²) in [7, 11) is 0. The van der Waals surface area contributed by atoms with Crippen molar-refractivity contribution >= 4 is 21.8 Å².